The number of rotatable bonds is 5. The van der Waals surface area contributed by atoms with Crippen LogP contribution < -0.4 is 15.8 Å². The van der Waals surface area contributed by atoms with Crippen LogP contribution in [0.15, 0.2) is 42.5 Å². The van der Waals surface area contributed by atoms with E-state index in [4.69, 9.17) is 28.1 Å². The fourth-order valence-electron chi connectivity index (χ4n) is 2.97. The highest BCUT2D eigenvalue weighted by molar-refractivity contribution is 7.80. The standard InChI is InChI=1S/C19H21N3OS/c1-12-4-2-3-5-15(12)19(24)22-9-8-14-11-23-17-7-6-13(18(20)21)10-16(14)17/h2-7,10,14H,8-9,11H2,1H3,(H3,20,21)(H,22,24). The number of amidine groups is 1. The average Bonchev–Trinajstić information content (AvgIpc) is 2.97. The Morgan fingerprint density at radius 2 is 2.12 bits per heavy atom. The number of nitrogens with one attached hydrogen (secondary N) is 2. The van der Waals surface area contributed by atoms with Crippen molar-refractivity contribution in [2.45, 2.75) is 19.3 Å². The molecule has 1 aliphatic heterocycles. The van der Waals surface area contributed by atoms with Gasteiger partial charge in [-0.1, -0.05) is 36.5 Å². The normalized spacial score (nSPS) is 15.5. The molecule has 1 heterocycles. The number of nitrogens with two attached hydrogens (primary N) is 1. The van der Waals surface area contributed by atoms with E-state index >= 15 is 0 Å². The predicted molar refractivity (Wildman–Crippen MR) is 101 cm³/mol. The fourth-order valence-corrected chi connectivity index (χ4v) is 3.30. The second-order valence-electron chi connectivity index (χ2n) is 6.03. The Balaban J connectivity index is 1.61. The van der Waals surface area contributed by atoms with E-state index < -0.39 is 0 Å². The number of aryl methyl sites for hydroxylation is 1. The highest BCUT2D eigenvalue weighted by Gasteiger charge is 2.24. The molecule has 0 aromatic heterocycles. The molecule has 0 spiro atoms. The summed E-state index contributed by atoms with van der Waals surface area (Å²) in [6.45, 7) is 3.51. The van der Waals surface area contributed by atoms with Gasteiger partial charge in [0.1, 0.15) is 16.6 Å². The van der Waals surface area contributed by atoms with Gasteiger partial charge >= 0.3 is 0 Å². The highest BCUT2D eigenvalue weighted by atomic mass is 32.1. The van der Waals surface area contributed by atoms with Crippen molar-refractivity contribution in [3.8, 4) is 5.75 Å². The Bertz CT molecular complexity index is 788. The second-order valence-corrected chi connectivity index (χ2v) is 6.44. The number of benzene rings is 2. The topological polar surface area (TPSA) is 71.1 Å². The van der Waals surface area contributed by atoms with Gasteiger partial charge in [0.25, 0.3) is 0 Å². The third kappa shape index (κ3) is 3.41. The van der Waals surface area contributed by atoms with Crippen molar-refractivity contribution in [3.63, 3.8) is 0 Å². The first-order valence-electron chi connectivity index (χ1n) is 8.01. The molecule has 0 bridgehead atoms. The number of thiocarbonyl (C=S) groups is 1. The van der Waals surface area contributed by atoms with Gasteiger partial charge in [0, 0.05) is 29.2 Å². The number of fused-ring (bicyclic) bond motifs is 1. The highest BCUT2D eigenvalue weighted by Crippen LogP contribution is 2.36. The molecule has 4 nitrogen and oxygen atoms in total. The van der Waals surface area contributed by atoms with E-state index in [-0.39, 0.29) is 5.84 Å². The second kappa shape index (κ2) is 7.01. The van der Waals surface area contributed by atoms with Gasteiger partial charge in [-0.15, -0.1) is 0 Å². The predicted octanol–water partition coefficient (Wildman–Crippen LogP) is 3.11. The maximum absolute atomic E-state index is 7.58. The van der Waals surface area contributed by atoms with Crippen molar-refractivity contribution in [2.75, 3.05) is 13.2 Å². The van der Waals surface area contributed by atoms with Gasteiger partial charge in [0.2, 0.25) is 0 Å². The van der Waals surface area contributed by atoms with Crippen molar-refractivity contribution < 1.29 is 4.74 Å². The van der Waals surface area contributed by atoms with Gasteiger partial charge in [-0.2, -0.15) is 0 Å². The summed E-state index contributed by atoms with van der Waals surface area (Å²) in [5.41, 5.74) is 9.71. The number of ether oxygens (including phenoxy) is 1. The van der Waals surface area contributed by atoms with Gasteiger partial charge in [-0.3, -0.25) is 5.41 Å². The number of hydrogen-bond donors (Lipinski definition) is 3. The molecule has 0 saturated carbocycles. The summed E-state index contributed by atoms with van der Waals surface area (Å²) in [6.07, 6.45) is 0.917. The molecule has 3 rings (SSSR count). The van der Waals surface area contributed by atoms with Crippen LogP contribution in [0.2, 0.25) is 0 Å². The lowest BCUT2D eigenvalue weighted by atomic mass is 9.96. The Kier molecular flexibility index (Phi) is 4.81. The zero-order valence-corrected chi connectivity index (χ0v) is 14.5. The van der Waals surface area contributed by atoms with Crippen molar-refractivity contribution >= 4 is 23.0 Å². The first kappa shape index (κ1) is 16.5. The summed E-state index contributed by atoms with van der Waals surface area (Å²) in [4.78, 5) is 0.782. The Morgan fingerprint density at radius 1 is 1.33 bits per heavy atom. The van der Waals surface area contributed by atoms with Crippen molar-refractivity contribution in [1.82, 2.24) is 5.32 Å². The lowest BCUT2D eigenvalue weighted by Crippen LogP contribution is -2.25. The van der Waals surface area contributed by atoms with E-state index in [1.807, 2.05) is 36.4 Å². The van der Waals surface area contributed by atoms with Crippen LogP contribution in [0, 0.1) is 12.3 Å². The summed E-state index contributed by atoms with van der Waals surface area (Å²) in [7, 11) is 0. The van der Waals surface area contributed by atoms with Gasteiger partial charge in [0.05, 0.1) is 6.61 Å². The molecule has 2 aromatic carbocycles. The Hall–Kier alpha value is -2.40. The maximum Gasteiger partial charge on any atom is 0.122 e. The molecular weight excluding hydrogens is 318 g/mol. The molecule has 2 aromatic rings. The van der Waals surface area contributed by atoms with Crippen LogP contribution in [-0.4, -0.2) is 24.0 Å². The van der Waals surface area contributed by atoms with Crippen LogP contribution in [0.3, 0.4) is 0 Å². The summed E-state index contributed by atoms with van der Waals surface area (Å²) < 4.78 is 5.74. The Morgan fingerprint density at radius 3 is 2.88 bits per heavy atom. The zero-order chi connectivity index (χ0) is 17.1. The molecule has 0 amide bonds. The average molecular weight is 339 g/mol. The number of hydrogen-bond acceptors (Lipinski definition) is 3. The van der Waals surface area contributed by atoms with E-state index in [1.54, 1.807) is 0 Å². The molecule has 5 heteroatoms. The molecule has 1 unspecified atom stereocenters. The number of nitrogen functional groups attached to an aromatic ring is 1. The van der Waals surface area contributed by atoms with Gasteiger partial charge < -0.3 is 15.8 Å². The van der Waals surface area contributed by atoms with E-state index in [2.05, 4.69) is 18.3 Å². The molecule has 124 valence electrons. The van der Waals surface area contributed by atoms with Crippen molar-refractivity contribution in [2.24, 2.45) is 5.73 Å². The van der Waals surface area contributed by atoms with Gasteiger partial charge in [-0.25, -0.2) is 0 Å². The zero-order valence-electron chi connectivity index (χ0n) is 13.6. The smallest absolute Gasteiger partial charge is 0.122 e. The molecule has 4 N–H and O–H groups in total. The summed E-state index contributed by atoms with van der Waals surface area (Å²) in [5, 5.41) is 10.9. The summed E-state index contributed by atoms with van der Waals surface area (Å²) >= 11 is 5.49. The maximum atomic E-state index is 7.58. The molecule has 0 fully saturated rings. The van der Waals surface area contributed by atoms with E-state index in [9.17, 15) is 0 Å². The van der Waals surface area contributed by atoms with Crippen molar-refractivity contribution in [3.05, 3.63) is 64.7 Å². The van der Waals surface area contributed by atoms with Crippen LogP contribution >= 0.6 is 12.2 Å². The third-order valence-electron chi connectivity index (χ3n) is 4.37. The summed E-state index contributed by atoms with van der Waals surface area (Å²) in [5.74, 6) is 1.28. The van der Waals surface area contributed by atoms with Crippen LogP contribution in [0.25, 0.3) is 0 Å². The summed E-state index contributed by atoms with van der Waals surface area (Å²) in [6, 6.07) is 13.8. The van der Waals surface area contributed by atoms with Gasteiger partial charge in [-0.05, 0) is 37.1 Å². The minimum atomic E-state index is 0.0855. The lowest BCUT2D eigenvalue weighted by Gasteiger charge is -2.13. The molecule has 1 atom stereocenters. The molecule has 0 radical (unpaired) electrons. The minimum Gasteiger partial charge on any atom is -0.493 e. The fraction of sp³-hybridized carbons (Fsp3) is 0.263. The molecule has 24 heavy (non-hydrogen) atoms. The van der Waals surface area contributed by atoms with Crippen molar-refractivity contribution in [1.29, 1.82) is 5.41 Å². The van der Waals surface area contributed by atoms with Crippen LogP contribution in [-0.2, 0) is 0 Å². The molecule has 0 saturated heterocycles. The first-order valence-corrected chi connectivity index (χ1v) is 8.42. The molecular formula is C19H21N3OS. The monoisotopic (exact) mass is 339 g/mol. The van der Waals surface area contributed by atoms with Crippen LogP contribution in [0.1, 0.15) is 34.6 Å². The van der Waals surface area contributed by atoms with E-state index in [0.717, 1.165) is 40.4 Å². The first-order chi connectivity index (χ1) is 11.6. The van der Waals surface area contributed by atoms with Crippen LogP contribution in [0.5, 0.6) is 5.75 Å². The van der Waals surface area contributed by atoms with E-state index in [0.29, 0.717) is 12.5 Å². The largest absolute Gasteiger partial charge is 0.493 e. The quantitative estimate of drug-likeness (QED) is 0.445. The lowest BCUT2D eigenvalue weighted by molar-refractivity contribution is 0.325. The molecule has 0 aliphatic carbocycles. The molecule has 1 aliphatic rings. The Labute approximate surface area is 147 Å². The van der Waals surface area contributed by atoms with Crippen LogP contribution in [0.4, 0.5) is 0 Å². The third-order valence-corrected chi connectivity index (χ3v) is 4.73. The van der Waals surface area contributed by atoms with E-state index in [1.165, 1.54) is 5.56 Å². The van der Waals surface area contributed by atoms with Gasteiger partial charge in [0.15, 0.2) is 0 Å². The SMILES string of the molecule is Cc1ccccc1C(=S)NCCC1COc2ccc(C(=N)N)cc21. The minimum absolute atomic E-state index is 0.0855.